The Morgan fingerprint density at radius 3 is 2.65 bits per heavy atom. The number of nitro benzene ring substituents is 1. The molecule has 0 amide bonds. The molecule has 0 aromatic heterocycles. The van der Waals surface area contributed by atoms with Crippen LogP contribution in [0.1, 0.15) is 10.4 Å². The molecule has 0 aliphatic heterocycles. The van der Waals surface area contributed by atoms with Gasteiger partial charge in [-0.05, 0) is 30.3 Å². The Morgan fingerprint density at radius 1 is 1.25 bits per heavy atom. The lowest BCUT2D eigenvalue weighted by Gasteiger charge is -2.07. The minimum atomic E-state index is -1.11. The summed E-state index contributed by atoms with van der Waals surface area (Å²) in [6, 6.07) is 8.88. The first-order valence-corrected chi connectivity index (χ1v) is 5.51. The normalized spacial score (nSPS) is 10.1. The van der Waals surface area contributed by atoms with Gasteiger partial charge in [0.1, 0.15) is 11.5 Å². The highest BCUT2D eigenvalue weighted by atomic mass is 19.1. The fourth-order valence-corrected chi connectivity index (χ4v) is 1.65. The molecule has 2 rings (SSSR count). The third kappa shape index (κ3) is 2.89. The van der Waals surface area contributed by atoms with Gasteiger partial charge in [0, 0.05) is 5.69 Å². The molecule has 20 heavy (non-hydrogen) atoms. The second-order valence-corrected chi connectivity index (χ2v) is 3.93. The second kappa shape index (κ2) is 5.35. The Hall–Kier alpha value is -2.96. The molecule has 0 saturated heterocycles. The van der Waals surface area contributed by atoms with Crippen LogP contribution >= 0.6 is 0 Å². The van der Waals surface area contributed by atoms with E-state index in [1.165, 1.54) is 24.3 Å². The molecule has 0 atom stereocenters. The number of aromatic carboxylic acids is 1. The van der Waals surface area contributed by atoms with E-state index in [2.05, 4.69) is 5.32 Å². The molecule has 2 aromatic carbocycles. The molecular weight excluding hydrogens is 267 g/mol. The lowest BCUT2D eigenvalue weighted by molar-refractivity contribution is -0.384. The highest BCUT2D eigenvalue weighted by molar-refractivity contribution is 5.89. The zero-order valence-corrected chi connectivity index (χ0v) is 10.0. The fourth-order valence-electron chi connectivity index (χ4n) is 1.65. The van der Waals surface area contributed by atoms with Gasteiger partial charge in [-0.25, -0.2) is 9.18 Å². The predicted molar refractivity (Wildman–Crippen MR) is 69.7 cm³/mol. The predicted octanol–water partition coefficient (Wildman–Crippen LogP) is 3.18. The molecule has 2 N–H and O–H groups in total. The number of nitrogens with zero attached hydrogens (tertiary/aromatic N) is 1. The van der Waals surface area contributed by atoms with E-state index in [1.807, 2.05) is 0 Å². The van der Waals surface area contributed by atoms with Crippen LogP contribution in [-0.2, 0) is 0 Å². The molecule has 0 fully saturated rings. The fraction of sp³-hybridized carbons (Fsp3) is 0. The Morgan fingerprint density at radius 2 is 2.00 bits per heavy atom. The maximum Gasteiger partial charge on any atom is 0.335 e. The molecule has 2 aromatic rings. The van der Waals surface area contributed by atoms with E-state index >= 15 is 0 Å². The number of nitro groups is 1. The largest absolute Gasteiger partial charge is 0.478 e. The standard InChI is InChI=1S/C13H9FN2O4/c14-9-4-5-11(12(7-9)16(19)20)15-10-3-1-2-8(6-10)13(17)18/h1-7,15H,(H,17,18). The van der Waals surface area contributed by atoms with E-state index < -0.39 is 22.4 Å². The number of benzene rings is 2. The summed E-state index contributed by atoms with van der Waals surface area (Å²) in [6.07, 6.45) is 0. The molecule has 0 heterocycles. The van der Waals surface area contributed by atoms with Gasteiger partial charge in [0.15, 0.2) is 0 Å². The van der Waals surface area contributed by atoms with Crippen molar-refractivity contribution in [1.29, 1.82) is 0 Å². The zero-order chi connectivity index (χ0) is 14.7. The molecular formula is C13H9FN2O4. The third-order valence-electron chi connectivity index (χ3n) is 2.55. The van der Waals surface area contributed by atoms with Crippen molar-refractivity contribution in [1.82, 2.24) is 0 Å². The van der Waals surface area contributed by atoms with Gasteiger partial charge in [0.2, 0.25) is 0 Å². The molecule has 0 unspecified atom stereocenters. The number of carboxylic acid groups (broad SMARTS) is 1. The van der Waals surface area contributed by atoms with E-state index in [9.17, 15) is 19.3 Å². The van der Waals surface area contributed by atoms with Gasteiger partial charge < -0.3 is 10.4 Å². The zero-order valence-electron chi connectivity index (χ0n) is 10.0. The summed E-state index contributed by atoms with van der Waals surface area (Å²) in [5.74, 6) is -1.83. The number of anilines is 2. The molecule has 7 heteroatoms. The first kappa shape index (κ1) is 13.5. The van der Waals surface area contributed by atoms with E-state index in [4.69, 9.17) is 5.11 Å². The molecule has 102 valence electrons. The summed E-state index contributed by atoms with van der Waals surface area (Å²) in [6.45, 7) is 0. The van der Waals surface area contributed by atoms with Crippen molar-refractivity contribution in [2.75, 3.05) is 5.32 Å². The van der Waals surface area contributed by atoms with Crippen LogP contribution in [0.15, 0.2) is 42.5 Å². The molecule has 0 aliphatic carbocycles. The second-order valence-electron chi connectivity index (χ2n) is 3.93. The summed E-state index contributed by atoms with van der Waals surface area (Å²) in [4.78, 5) is 21.0. The Balaban J connectivity index is 2.37. The minimum absolute atomic E-state index is 0.0414. The lowest BCUT2D eigenvalue weighted by Crippen LogP contribution is -2.00. The number of rotatable bonds is 4. The van der Waals surface area contributed by atoms with Crippen LogP contribution in [0.25, 0.3) is 0 Å². The van der Waals surface area contributed by atoms with Crippen LogP contribution < -0.4 is 5.32 Å². The Labute approximate surface area is 112 Å². The van der Waals surface area contributed by atoms with Crippen molar-refractivity contribution in [3.8, 4) is 0 Å². The maximum atomic E-state index is 13.0. The average molecular weight is 276 g/mol. The summed E-state index contributed by atoms with van der Waals surface area (Å²) < 4.78 is 13.0. The quantitative estimate of drug-likeness (QED) is 0.660. The van der Waals surface area contributed by atoms with Crippen LogP contribution in [0.5, 0.6) is 0 Å². The van der Waals surface area contributed by atoms with Gasteiger partial charge in [-0.15, -0.1) is 0 Å². The topological polar surface area (TPSA) is 92.5 Å². The first-order chi connectivity index (χ1) is 9.47. The van der Waals surface area contributed by atoms with E-state index in [0.717, 1.165) is 12.1 Å². The van der Waals surface area contributed by atoms with Crippen LogP contribution in [0.4, 0.5) is 21.5 Å². The van der Waals surface area contributed by atoms with Crippen molar-refractivity contribution in [3.63, 3.8) is 0 Å². The summed E-state index contributed by atoms with van der Waals surface area (Å²) in [7, 11) is 0. The van der Waals surface area contributed by atoms with Crippen LogP contribution in [0, 0.1) is 15.9 Å². The van der Waals surface area contributed by atoms with E-state index in [-0.39, 0.29) is 11.3 Å². The van der Waals surface area contributed by atoms with Crippen LogP contribution in [-0.4, -0.2) is 16.0 Å². The number of halogens is 1. The third-order valence-corrected chi connectivity index (χ3v) is 2.55. The summed E-state index contributed by atoms with van der Waals surface area (Å²) in [5.41, 5.74) is 0.0593. The number of carbonyl (C=O) groups is 1. The molecule has 0 bridgehead atoms. The van der Waals surface area contributed by atoms with Crippen molar-refractivity contribution in [2.45, 2.75) is 0 Å². The van der Waals surface area contributed by atoms with Crippen molar-refractivity contribution < 1.29 is 19.2 Å². The average Bonchev–Trinajstić information content (AvgIpc) is 2.41. The van der Waals surface area contributed by atoms with E-state index in [0.29, 0.717) is 5.69 Å². The number of nitrogens with one attached hydrogen (secondary N) is 1. The smallest absolute Gasteiger partial charge is 0.335 e. The van der Waals surface area contributed by atoms with Gasteiger partial charge in [0.25, 0.3) is 5.69 Å². The molecule has 0 spiro atoms. The minimum Gasteiger partial charge on any atom is -0.478 e. The number of hydrogen-bond acceptors (Lipinski definition) is 4. The van der Waals surface area contributed by atoms with E-state index in [1.54, 1.807) is 6.07 Å². The molecule has 6 nitrogen and oxygen atoms in total. The highest BCUT2D eigenvalue weighted by Crippen LogP contribution is 2.28. The summed E-state index contributed by atoms with van der Waals surface area (Å²) in [5, 5.41) is 22.4. The molecule has 0 aliphatic rings. The lowest BCUT2D eigenvalue weighted by atomic mass is 10.2. The molecule has 0 radical (unpaired) electrons. The summed E-state index contributed by atoms with van der Waals surface area (Å²) >= 11 is 0. The van der Waals surface area contributed by atoms with Gasteiger partial charge in [-0.1, -0.05) is 6.07 Å². The van der Waals surface area contributed by atoms with Crippen molar-refractivity contribution in [3.05, 3.63) is 64.0 Å². The molecule has 0 saturated carbocycles. The Bertz CT molecular complexity index is 688. The van der Waals surface area contributed by atoms with Crippen LogP contribution in [0.2, 0.25) is 0 Å². The number of hydrogen-bond donors (Lipinski definition) is 2. The van der Waals surface area contributed by atoms with Gasteiger partial charge in [-0.2, -0.15) is 0 Å². The van der Waals surface area contributed by atoms with Crippen molar-refractivity contribution in [2.24, 2.45) is 0 Å². The SMILES string of the molecule is O=C(O)c1cccc(Nc2ccc(F)cc2[N+](=O)[O-])c1. The number of carboxylic acids is 1. The Kier molecular flexibility index (Phi) is 3.60. The highest BCUT2D eigenvalue weighted by Gasteiger charge is 2.15. The van der Waals surface area contributed by atoms with Crippen molar-refractivity contribution >= 4 is 23.0 Å². The van der Waals surface area contributed by atoms with Gasteiger partial charge >= 0.3 is 5.97 Å². The maximum absolute atomic E-state index is 13.0. The first-order valence-electron chi connectivity index (χ1n) is 5.51. The van der Waals surface area contributed by atoms with Crippen LogP contribution in [0.3, 0.4) is 0 Å². The van der Waals surface area contributed by atoms with Gasteiger partial charge in [-0.3, -0.25) is 10.1 Å². The monoisotopic (exact) mass is 276 g/mol. The van der Waals surface area contributed by atoms with Gasteiger partial charge in [0.05, 0.1) is 16.6 Å².